The van der Waals surface area contributed by atoms with Crippen LogP contribution in [0.15, 0.2) is 24.3 Å². The predicted octanol–water partition coefficient (Wildman–Crippen LogP) is 3.37. The van der Waals surface area contributed by atoms with Crippen molar-refractivity contribution in [2.75, 3.05) is 11.4 Å². The molecule has 2 unspecified atom stereocenters. The predicted molar refractivity (Wildman–Crippen MR) is 88.3 cm³/mol. The van der Waals surface area contributed by atoms with Crippen LogP contribution in [0.4, 0.5) is 5.69 Å². The van der Waals surface area contributed by atoms with Crippen LogP contribution in [-0.4, -0.2) is 18.5 Å². The van der Waals surface area contributed by atoms with E-state index in [9.17, 15) is 4.79 Å². The first-order chi connectivity index (χ1) is 10.0. The highest BCUT2D eigenvalue weighted by Gasteiger charge is 2.30. The lowest BCUT2D eigenvalue weighted by molar-refractivity contribution is -0.119. The first-order valence-corrected chi connectivity index (χ1v) is 8.14. The zero-order valence-electron chi connectivity index (χ0n) is 13.5. The maximum absolute atomic E-state index is 12.6. The van der Waals surface area contributed by atoms with E-state index in [-0.39, 0.29) is 11.9 Å². The second-order valence-corrected chi connectivity index (χ2v) is 6.57. The van der Waals surface area contributed by atoms with Crippen molar-refractivity contribution in [1.29, 1.82) is 0 Å². The van der Waals surface area contributed by atoms with Gasteiger partial charge in [-0.3, -0.25) is 4.79 Å². The third-order valence-corrected chi connectivity index (χ3v) is 4.69. The summed E-state index contributed by atoms with van der Waals surface area (Å²) in [5.74, 6) is 1.40. The molecule has 116 valence electrons. The largest absolute Gasteiger partial charge is 0.330 e. The lowest BCUT2D eigenvalue weighted by Crippen LogP contribution is -2.36. The van der Waals surface area contributed by atoms with Crippen molar-refractivity contribution in [1.82, 2.24) is 0 Å². The van der Waals surface area contributed by atoms with Crippen LogP contribution >= 0.6 is 0 Å². The number of fused-ring (bicyclic) bond motifs is 1. The van der Waals surface area contributed by atoms with Crippen molar-refractivity contribution in [3.8, 4) is 0 Å². The van der Waals surface area contributed by atoms with E-state index in [4.69, 9.17) is 5.73 Å². The molecule has 0 spiro atoms. The number of hydrogen-bond donors (Lipinski definition) is 1. The number of nitrogens with zero attached hydrogens (tertiary/aromatic N) is 1. The van der Waals surface area contributed by atoms with Crippen LogP contribution in [0.3, 0.4) is 0 Å². The molecule has 1 amide bonds. The Morgan fingerprint density at radius 3 is 2.71 bits per heavy atom. The molecule has 0 saturated carbocycles. The summed E-state index contributed by atoms with van der Waals surface area (Å²) in [6, 6.07) is 8.54. The number of nitrogens with two attached hydrogens (primary N) is 1. The molecule has 0 aromatic heterocycles. The summed E-state index contributed by atoms with van der Waals surface area (Å²) in [6.07, 6.45) is 3.55. The van der Waals surface area contributed by atoms with Crippen LogP contribution < -0.4 is 10.6 Å². The van der Waals surface area contributed by atoms with E-state index in [2.05, 4.69) is 39.0 Å². The Hall–Kier alpha value is -1.35. The number of amides is 1. The average molecular weight is 288 g/mol. The number of carbonyl (C=O) groups excluding carboxylic acids is 1. The molecule has 3 nitrogen and oxygen atoms in total. The van der Waals surface area contributed by atoms with Crippen LogP contribution in [-0.2, 0) is 11.2 Å². The van der Waals surface area contributed by atoms with E-state index >= 15 is 0 Å². The fourth-order valence-corrected chi connectivity index (χ4v) is 3.40. The van der Waals surface area contributed by atoms with Gasteiger partial charge in [0.1, 0.15) is 0 Å². The first kappa shape index (κ1) is 16.0. The SMILES string of the molecule is CC(C)C(CCN)CCC(=O)N1c2ccccc2CC1C. The molecule has 0 radical (unpaired) electrons. The van der Waals surface area contributed by atoms with Crippen molar-refractivity contribution in [2.45, 2.75) is 52.5 Å². The first-order valence-electron chi connectivity index (χ1n) is 8.14. The van der Waals surface area contributed by atoms with E-state index in [1.54, 1.807) is 0 Å². The number of para-hydroxylation sites is 1. The smallest absolute Gasteiger partial charge is 0.227 e. The van der Waals surface area contributed by atoms with Crippen LogP contribution in [0.25, 0.3) is 0 Å². The van der Waals surface area contributed by atoms with Crippen LogP contribution in [0, 0.1) is 11.8 Å². The number of hydrogen-bond acceptors (Lipinski definition) is 2. The van der Waals surface area contributed by atoms with Gasteiger partial charge in [-0.15, -0.1) is 0 Å². The fraction of sp³-hybridized carbons (Fsp3) is 0.611. The van der Waals surface area contributed by atoms with Gasteiger partial charge in [0.05, 0.1) is 0 Å². The van der Waals surface area contributed by atoms with Gasteiger partial charge >= 0.3 is 0 Å². The summed E-state index contributed by atoms with van der Waals surface area (Å²) in [5.41, 5.74) is 8.08. The Labute approximate surface area is 128 Å². The maximum Gasteiger partial charge on any atom is 0.227 e. The molecule has 1 aliphatic rings. The number of anilines is 1. The highest BCUT2D eigenvalue weighted by molar-refractivity contribution is 5.96. The topological polar surface area (TPSA) is 46.3 Å². The zero-order chi connectivity index (χ0) is 15.4. The Morgan fingerprint density at radius 2 is 2.05 bits per heavy atom. The summed E-state index contributed by atoms with van der Waals surface area (Å²) in [7, 11) is 0. The third kappa shape index (κ3) is 3.65. The van der Waals surface area contributed by atoms with Gasteiger partial charge in [0, 0.05) is 18.2 Å². The van der Waals surface area contributed by atoms with Gasteiger partial charge in [0.2, 0.25) is 5.91 Å². The van der Waals surface area contributed by atoms with Crippen molar-refractivity contribution in [3.63, 3.8) is 0 Å². The van der Waals surface area contributed by atoms with Gasteiger partial charge in [0.15, 0.2) is 0 Å². The molecule has 3 heteroatoms. The lowest BCUT2D eigenvalue weighted by atomic mass is 9.88. The molecule has 0 saturated heterocycles. The number of rotatable bonds is 6. The fourth-order valence-electron chi connectivity index (χ4n) is 3.40. The van der Waals surface area contributed by atoms with Crippen molar-refractivity contribution in [2.24, 2.45) is 17.6 Å². The Morgan fingerprint density at radius 1 is 1.33 bits per heavy atom. The van der Waals surface area contributed by atoms with E-state index < -0.39 is 0 Å². The molecule has 1 aromatic carbocycles. The quantitative estimate of drug-likeness (QED) is 0.872. The van der Waals surface area contributed by atoms with Gasteiger partial charge in [-0.05, 0) is 56.2 Å². The van der Waals surface area contributed by atoms with Gasteiger partial charge in [0.25, 0.3) is 0 Å². The van der Waals surface area contributed by atoms with Crippen molar-refractivity contribution in [3.05, 3.63) is 29.8 Å². The summed E-state index contributed by atoms with van der Waals surface area (Å²) in [4.78, 5) is 14.6. The van der Waals surface area contributed by atoms with E-state index in [1.165, 1.54) is 5.56 Å². The minimum atomic E-state index is 0.259. The normalized spacial score (nSPS) is 18.9. The molecule has 0 fully saturated rings. The summed E-state index contributed by atoms with van der Waals surface area (Å²) < 4.78 is 0. The second-order valence-electron chi connectivity index (χ2n) is 6.57. The third-order valence-electron chi connectivity index (χ3n) is 4.69. The minimum absolute atomic E-state index is 0.259. The molecule has 2 atom stereocenters. The zero-order valence-corrected chi connectivity index (χ0v) is 13.5. The summed E-state index contributed by atoms with van der Waals surface area (Å²) in [5, 5.41) is 0. The van der Waals surface area contributed by atoms with Gasteiger partial charge in [-0.25, -0.2) is 0 Å². The Kier molecular flexibility index (Phi) is 5.40. The second kappa shape index (κ2) is 7.08. The minimum Gasteiger partial charge on any atom is -0.330 e. The van der Waals surface area contributed by atoms with E-state index in [0.717, 1.165) is 24.9 Å². The molecule has 1 aromatic rings. The number of carbonyl (C=O) groups is 1. The molecule has 1 aliphatic heterocycles. The number of benzene rings is 1. The lowest BCUT2D eigenvalue weighted by Gasteiger charge is -2.25. The van der Waals surface area contributed by atoms with Crippen molar-refractivity contribution < 1.29 is 4.79 Å². The highest BCUT2D eigenvalue weighted by atomic mass is 16.2. The average Bonchev–Trinajstić information content (AvgIpc) is 2.78. The molecule has 21 heavy (non-hydrogen) atoms. The highest BCUT2D eigenvalue weighted by Crippen LogP contribution is 2.33. The molecule has 0 aliphatic carbocycles. The van der Waals surface area contributed by atoms with Gasteiger partial charge < -0.3 is 10.6 Å². The Balaban J connectivity index is 2.00. The summed E-state index contributed by atoms with van der Waals surface area (Å²) in [6.45, 7) is 7.29. The summed E-state index contributed by atoms with van der Waals surface area (Å²) >= 11 is 0. The molecule has 2 N–H and O–H groups in total. The molecular formula is C18H28N2O. The molecule has 0 bridgehead atoms. The van der Waals surface area contributed by atoms with Crippen LogP contribution in [0.2, 0.25) is 0 Å². The molecule has 2 rings (SSSR count). The molecule has 1 heterocycles. The maximum atomic E-state index is 12.6. The Bertz CT molecular complexity index is 484. The van der Waals surface area contributed by atoms with E-state index in [1.807, 2.05) is 11.0 Å². The van der Waals surface area contributed by atoms with E-state index in [0.29, 0.717) is 24.8 Å². The van der Waals surface area contributed by atoms with Crippen LogP contribution in [0.5, 0.6) is 0 Å². The standard InChI is InChI=1S/C18H28N2O/c1-13(2)15(10-11-19)8-9-18(21)20-14(3)12-16-6-4-5-7-17(16)20/h4-7,13-15H,8-12,19H2,1-3H3. The van der Waals surface area contributed by atoms with Gasteiger partial charge in [-0.2, -0.15) is 0 Å². The monoisotopic (exact) mass is 288 g/mol. The van der Waals surface area contributed by atoms with Crippen LogP contribution in [0.1, 0.15) is 45.6 Å². The molecular weight excluding hydrogens is 260 g/mol. The van der Waals surface area contributed by atoms with Crippen molar-refractivity contribution >= 4 is 11.6 Å². The van der Waals surface area contributed by atoms with Gasteiger partial charge in [-0.1, -0.05) is 32.0 Å².